The maximum absolute atomic E-state index is 12.0. The maximum atomic E-state index is 12.0. The second-order valence-electron chi connectivity index (χ2n) is 6.20. The van der Waals surface area contributed by atoms with E-state index in [1.807, 2.05) is 0 Å². The molecule has 1 heterocycles. The summed E-state index contributed by atoms with van der Waals surface area (Å²) in [4.78, 5) is 14.4. The lowest BCUT2D eigenvalue weighted by atomic mass is 10.0. The Bertz CT molecular complexity index is 534. The van der Waals surface area contributed by atoms with Crippen molar-refractivity contribution >= 4 is 11.6 Å². The summed E-state index contributed by atoms with van der Waals surface area (Å²) in [6, 6.07) is 9.06. The first kappa shape index (κ1) is 14.1. The quantitative estimate of drug-likeness (QED) is 0.924. The molecule has 0 aromatic heterocycles. The summed E-state index contributed by atoms with van der Waals surface area (Å²) in [5.41, 5.74) is 1.37. The van der Waals surface area contributed by atoms with Crippen LogP contribution in [0.5, 0.6) is 0 Å². The van der Waals surface area contributed by atoms with E-state index in [4.69, 9.17) is 5.26 Å². The predicted molar refractivity (Wildman–Crippen MR) is 81.7 cm³/mol. The van der Waals surface area contributed by atoms with Crippen LogP contribution >= 0.6 is 0 Å². The molecular weight excluding hydrogens is 262 g/mol. The summed E-state index contributed by atoms with van der Waals surface area (Å²) in [7, 11) is 0. The molecule has 1 aromatic carbocycles. The van der Waals surface area contributed by atoms with Gasteiger partial charge in [0.25, 0.3) is 0 Å². The molecule has 1 N–H and O–H groups in total. The Balaban J connectivity index is 1.43. The van der Waals surface area contributed by atoms with Gasteiger partial charge >= 0.3 is 0 Å². The summed E-state index contributed by atoms with van der Waals surface area (Å²) in [5.74, 6) is 1.81. The Labute approximate surface area is 125 Å². The predicted octanol–water partition coefficient (Wildman–Crippen LogP) is 2.62. The summed E-state index contributed by atoms with van der Waals surface area (Å²) in [6.07, 6.45) is 4.68. The van der Waals surface area contributed by atoms with E-state index in [9.17, 15) is 4.79 Å². The molecule has 2 aliphatic rings. The van der Waals surface area contributed by atoms with E-state index in [0.717, 1.165) is 24.1 Å². The number of nitrogens with zero attached hydrogens (tertiary/aromatic N) is 2. The molecule has 0 bridgehead atoms. The molecule has 3 rings (SSSR count). The van der Waals surface area contributed by atoms with Crippen LogP contribution in [0.15, 0.2) is 24.3 Å². The highest BCUT2D eigenvalue weighted by molar-refractivity contribution is 5.90. The molecule has 4 nitrogen and oxygen atoms in total. The molecule has 0 radical (unpaired) electrons. The number of anilines is 1. The van der Waals surface area contributed by atoms with E-state index in [1.54, 1.807) is 24.3 Å². The van der Waals surface area contributed by atoms with Crippen molar-refractivity contribution in [1.82, 2.24) is 4.90 Å². The smallest absolute Gasteiger partial charge is 0.225 e. The van der Waals surface area contributed by atoms with Crippen LogP contribution in [0.3, 0.4) is 0 Å². The average molecular weight is 283 g/mol. The van der Waals surface area contributed by atoms with Crippen LogP contribution in [0.4, 0.5) is 5.69 Å². The van der Waals surface area contributed by atoms with Crippen LogP contribution in [0, 0.1) is 23.2 Å². The van der Waals surface area contributed by atoms with E-state index in [-0.39, 0.29) is 5.91 Å². The number of fused-ring (bicyclic) bond motifs is 1. The van der Waals surface area contributed by atoms with Crippen LogP contribution in [-0.4, -0.2) is 30.4 Å². The maximum Gasteiger partial charge on any atom is 0.225 e. The Morgan fingerprint density at radius 3 is 2.52 bits per heavy atom. The minimum atomic E-state index is 0.0526. The summed E-state index contributed by atoms with van der Waals surface area (Å²) >= 11 is 0. The molecule has 1 saturated carbocycles. The zero-order chi connectivity index (χ0) is 14.7. The molecule has 1 aromatic rings. The van der Waals surface area contributed by atoms with E-state index in [2.05, 4.69) is 16.3 Å². The number of nitrogens with one attached hydrogen (secondary N) is 1. The molecule has 0 spiro atoms. The number of hydrogen-bond acceptors (Lipinski definition) is 3. The fourth-order valence-corrected chi connectivity index (χ4v) is 3.63. The van der Waals surface area contributed by atoms with Crippen molar-refractivity contribution in [2.45, 2.75) is 25.7 Å². The number of nitriles is 1. The van der Waals surface area contributed by atoms with Crippen molar-refractivity contribution < 1.29 is 4.79 Å². The minimum absolute atomic E-state index is 0.0526. The highest BCUT2D eigenvalue weighted by Gasteiger charge is 2.35. The van der Waals surface area contributed by atoms with Crippen LogP contribution in [0.1, 0.15) is 31.2 Å². The normalized spacial score (nSPS) is 24.5. The third-order valence-corrected chi connectivity index (χ3v) is 4.75. The summed E-state index contributed by atoms with van der Waals surface area (Å²) < 4.78 is 0. The van der Waals surface area contributed by atoms with E-state index >= 15 is 0 Å². The van der Waals surface area contributed by atoms with Gasteiger partial charge in [0.2, 0.25) is 5.91 Å². The number of carbonyl (C=O) groups is 1. The molecule has 110 valence electrons. The largest absolute Gasteiger partial charge is 0.326 e. The Kier molecular flexibility index (Phi) is 4.21. The van der Waals surface area contributed by atoms with Gasteiger partial charge in [-0.25, -0.2) is 0 Å². The van der Waals surface area contributed by atoms with Crippen molar-refractivity contribution in [2.75, 3.05) is 25.0 Å². The monoisotopic (exact) mass is 283 g/mol. The van der Waals surface area contributed by atoms with Crippen molar-refractivity contribution in [1.29, 1.82) is 5.26 Å². The lowest BCUT2D eigenvalue weighted by molar-refractivity contribution is -0.116. The fraction of sp³-hybridized carbons (Fsp3) is 0.529. The first-order chi connectivity index (χ1) is 10.2. The van der Waals surface area contributed by atoms with Gasteiger partial charge in [-0.3, -0.25) is 4.79 Å². The fourth-order valence-electron chi connectivity index (χ4n) is 3.63. The first-order valence-corrected chi connectivity index (χ1v) is 7.77. The number of benzene rings is 1. The second kappa shape index (κ2) is 6.28. The van der Waals surface area contributed by atoms with Crippen molar-refractivity contribution in [2.24, 2.45) is 11.8 Å². The van der Waals surface area contributed by atoms with Crippen molar-refractivity contribution in [3.63, 3.8) is 0 Å². The zero-order valence-corrected chi connectivity index (χ0v) is 12.2. The molecule has 1 amide bonds. The Morgan fingerprint density at radius 1 is 1.24 bits per heavy atom. The third-order valence-electron chi connectivity index (χ3n) is 4.75. The number of amides is 1. The molecular formula is C17H21N3O. The highest BCUT2D eigenvalue weighted by atomic mass is 16.1. The number of carbonyl (C=O) groups excluding carboxylic acids is 1. The lowest BCUT2D eigenvalue weighted by Gasteiger charge is -2.16. The second-order valence-corrected chi connectivity index (χ2v) is 6.20. The highest BCUT2D eigenvalue weighted by Crippen LogP contribution is 2.37. The molecule has 2 unspecified atom stereocenters. The number of rotatable bonds is 4. The van der Waals surface area contributed by atoms with Crippen molar-refractivity contribution in [3.05, 3.63) is 29.8 Å². The van der Waals surface area contributed by atoms with Crippen molar-refractivity contribution in [3.8, 4) is 6.07 Å². The lowest BCUT2D eigenvalue weighted by Crippen LogP contribution is -2.26. The third kappa shape index (κ3) is 3.43. The summed E-state index contributed by atoms with van der Waals surface area (Å²) in [5, 5.41) is 11.6. The van der Waals surface area contributed by atoms with Gasteiger partial charge in [-0.2, -0.15) is 5.26 Å². The van der Waals surface area contributed by atoms with Crippen LogP contribution in [-0.2, 0) is 4.79 Å². The SMILES string of the molecule is N#Cc1ccc(NC(=O)CCN2CC3CCCC3C2)cc1. The summed E-state index contributed by atoms with van der Waals surface area (Å²) in [6.45, 7) is 3.21. The molecule has 2 fully saturated rings. The average Bonchev–Trinajstić information content (AvgIpc) is 3.07. The standard InChI is InChI=1S/C17H21N3O/c18-10-13-4-6-16(7-5-13)19-17(21)8-9-20-11-14-2-1-3-15(14)12-20/h4-7,14-15H,1-3,8-9,11-12H2,(H,19,21). The van der Waals surface area contributed by atoms with Crippen LogP contribution < -0.4 is 5.32 Å². The topological polar surface area (TPSA) is 56.1 Å². The molecule has 1 saturated heterocycles. The van der Waals surface area contributed by atoms with Gasteiger partial charge < -0.3 is 10.2 Å². The Hall–Kier alpha value is -1.86. The van der Waals surface area contributed by atoms with Gasteiger partial charge in [0.05, 0.1) is 11.6 Å². The first-order valence-electron chi connectivity index (χ1n) is 7.77. The van der Waals surface area contributed by atoms with Crippen LogP contribution in [0.25, 0.3) is 0 Å². The number of likely N-dealkylation sites (tertiary alicyclic amines) is 1. The van der Waals surface area contributed by atoms with E-state index in [0.29, 0.717) is 12.0 Å². The molecule has 1 aliphatic carbocycles. The number of hydrogen-bond donors (Lipinski definition) is 1. The molecule has 1 aliphatic heterocycles. The van der Waals surface area contributed by atoms with Gasteiger partial charge in [0.1, 0.15) is 0 Å². The van der Waals surface area contributed by atoms with Crippen LogP contribution in [0.2, 0.25) is 0 Å². The van der Waals surface area contributed by atoms with E-state index < -0.39 is 0 Å². The van der Waals surface area contributed by atoms with Gasteiger partial charge in [0.15, 0.2) is 0 Å². The van der Waals surface area contributed by atoms with Gasteiger partial charge in [-0.05, 0) is 48.9 Å². The van der Waals surface area contributed by atoms with Gasteiger partial charge in [-0.15, -0.1) is 0 Å². The minimum Gasteiger partial charge on any atom is -0.326 e. The molecule has 2 atom stereocenters. The Morgan fingerprint density at radius 2 is 1.90 bits per heavy atom. The zero-order valence-electron chi connectivity index (χ0n) is 12.2. The van der Waals surface area contributed by atoms with Gasteiger partial charge in [0, 0.05) is 31.7 Å². The van der Waals surface area contributed by atoms with Gasteiger partial charge in [-0.1, -0.05) is 6.42 Å². The molecule has 21 heavy (non-hydrogen) atoms. The van der Waals surface area contributed by atoms with E-state index in [1.165, 1.54) is 32.4 Å². The molecule has 4 heteroatoms.